The van der Waals surface area contributed by atoms with Crippen molar-refractivity contribution in [2.45, 2.75) is 24.8 Å². The van der Waals surface area contributed by atoms with Crippen molar-refractivity contribution < 1.29 is 8.42 Å². The minimum Gasteiger partial charge on any atom is -0.339 e. The Morgan fingerprint density at radius 3 is 2.64 bits per heavy atom. The normalized spacial score (nSPS) is 15.1. The Bertz CT molecular complexity index is 1100. The van der Waals surface area contributed by atoms with Crippen LogP contribution in [-0.2, 0) is 29.9 Å². The van der Waals surface area contributed by atoms with E-state index in [1.54, 1.807) is 17.8 Å². The lowest BCUT2D eigenvalue weighted by Crippen LogP contribution is -2.33. The Hall–Kier alpha value is -2.85. The zero-order chi connectivity index (χ0) is 19.7. The van der Waals surface area contributed by atoms with E-state index in [1.807, 2.05) is 25.1 Å². The molecule has 1 N–H and O–H groups in total. The molecule has 0 fully saturated rings. The Morgan fingerprint density at radius 1 is 1.11 bits per heavy atom. The van der Waals surface area contributed by atoms with Gasteiger partial charge in [0, 0.05) is 44.5 Å². The van der Waals surface area contributed by atoms with Crippen molar-refractivity contribution in [3.63, 3.8) is 0 Å². The van der Waals surface area contributed by atoms with Crippen molar-refractivity contribution >= 4 is 21.7 Å². The average molecular weight is 399 g/mol. The predicted molar refractivity (Wildman–Crippen MR) is 104 cm³/mol. The highest BCUT2D eigenvalue weighted by molar-refractivity contribution is 7.89. The molecule has 10 heteroatoms. The smallest absolute Gasteiger partial charge is 0.262 e. The molecular weight excluding hydrogens is 378 g/mol. The number of pyridine rings is 1. The van der Waals surface area contributed by atoms with E-state index in [0.717, 1.165) is 11.3 Å². The highest BCUT2D eigenvalue weighted by Gasteiger charge is 2.30. The fourth-order valence-electron chi connectivity index (χ4n) is 3.26. The van der Waals surface area contributed by atoms with Crippen molar-refractivity contribution in [1.82, 2.24) is 28.8 Å². The van der Waals surface area contributed by atoms with E-state index >= 15 is 0 Å². The van der Waals surface area contributed by atoms with Crippen LogP contribution in [0.5, 0.6) is 0 Å². The quantitative estimate of drug-likeness (QED) is 0.708. The van der Waals surface area contributed by atoms with Crippen LogP contribution < -0.4 is 5.32 Å². The zero-order valence-corrected chi connectivity index (χ0v) is 16.5. The van der Waals surface area contributed by atoms with E-state index in [4.69, 9.17) is 0 Å². The second-order valence-corrected chi connectivity index (χ2v) is 8.55. The number of aryl methyl sites for hydroxylation is 2. The summed E-state index contributed by atoms with van der Waals surface area (Å²) in [5, 5.41) is 3.31. The summed E-state index contributed by atoms with van der Waals surface area (Å²) in [5.74, 6) is 2.00. The molecule has 0 saturated carbocycles. The Balaban J connectivity index is 1.63. The molecule has 0 atom stereocenters. The molecule has 4 rings (SSSR count). The van der Waals surface area contributed by atoms with Gasteiger partial charge in [-0.1, -0.05) is 6.07 Å². The van der Waals surface area contributed by atoms with Gasteiger partial charge >= 0.3 is 0 Å². The van der Waals surface area contributed by atoms with Gasteiger partial charge in [-0.05, 0) is 25.5 Å². The van der Waals surface area contributed by atoms with Gasteiger partial charge in [-0.25, -0.2) is 28.4 Å². The standard InChI is InChI=1S/C18H21N7O2S/c1-13-21-15-7-10-25(28(26,27)17-11-24(2)12-20-17)9-6-14(15)18(22-13)23-16-5-3-4-8-19-16/h3-5,8,11-12H,6-7,9-10H2,1-2H3,(H,19,21,22,23). The van der Waals surface area contributed by atoms with Gasteiger partial charge in [0.15, 0.2) is 5.03 Å². The van der Waals surface area contributed by atoms with E-state index in [9.17, 15) is 8.42 Å². The number of sulfonamides is 1. The maximum absolute atomic E-state index is 12.9. The molecule has 4 heterocycles. The fourth-order valence-corrected chi connectivity index (χ4v) is 4.67. The Morgan fingerprint density at radius 2 is 1.93 bits per heavy atom. The van der Waals surface area contributed by atoms with Gasteiger partial charge in [-0.2, -0.15) is 4.31 Å². The first kappa shape index (κ1) is 18.5. The number of fused-ring (bicyclic) bond motifs is 1. The minimum absolute atomic E-state index is 0.0649. The zero-order valence-electron chi connectivity index (χ0n) is 15.7. The van der Waals surface area contributed by atoms with Crippen LogP contribution in [0.3, 0.4) is 0 Å². The Labute approximate surface area is 163 Å². The first-order valence-corrected chi connectivity index (χ1v) is 10.4. The summed E-state index contributed by atoms with van der Waals surface area (Å²) in [6.07, 6.45) is 5.74. The van der Waals surface area contributed by atoms with Crippen molar-refractivity contribution in [3.8, 4) is 0 Å². The molecule has 0 saturated heterocycles. The second kappa shape index (κ2) is 7.28. The van der Waals surface area contributed by atoms with Gasteiger partial charge in [0.25, 0.3) is 10.0 Å². The molecule has 28 heavy (non-hydrogen) atoms. The molecule has 3 aromatic heterocycles. The molecule has 0 spiro atoms. The summed E-state index contributed by atoms with van der Waals surface area (Å²) < 4.78 is 29.0. The summed E-state index contributed by atoms with van der Waals surface area (Å²) in [6.45, 7) is 2.53. The molecule has 0 aromatic carbocycles. The van der Waals surface area contributed by atoms with Crippen LogP contribution in [0.1, 0.15) is 17.1 Å². The van der Waals surface area contributed by atoms with Crippen LogP contribution in [0.25, 0.3) is 0 Å². The van der Waals surface area contributed by atoms with Crippen LogP contribution in [0.4, 0.5) is 11.6 Å². The number of nitrogens with zero attached hydrogens (tertiary/aromatic N) is 6. The van der Waals surface area contributed by atoms with Crippen LogP contribution >= 0.6 is 0 Å². The number of nitrogens with one attached hydrogen (secondary N) is 1. The van der Waals surface area contributed by atoms with E-state index in [0.29, 0.717) is 43.4 Å². The molecule has 0 amide bonds. The predicted octanol–water partition coefficient (Wildman–Crippen LogP) is 1.45. The van der Waals surface area contributed by atoms with Gasteiger partial charge < -0.3 is 9.88 Å². The summed E-state index contributed by atoms with van der Waals surface area (Å²) in [5.41, 5.74) is 1.79. The Kier molecular flexibility index (Phi) is 4.82. The highest BCUT2D eigenvalue weighted by Crippen LogP contribution is 2.26. The van der Waals surface area contributed by atoms with Gasteiger partial charge in [0.1, 0.15) is 17.5 Å². The van der Waals surface area contributed by atoms with Gasteiger partial charge in [-0.15, -0.1) is 0 Å². The molecular formula is C18H21N7O2S. The van der Waals surface area contributed by atoms with Crippen molar-refractivity contribution in [2.24, 2.45) is 7.05 Å². The number of rotatable bonds is 4. The first-order chi connectivity index (χ1) is 13.4. The summed E-state index contributed by atoms with van der Waals surface area (Å²) in [7, 11) is -1.90. The maximum atomic E-state index is 12.9. The van der Waals surface area contributed by atoms with Gasteiger partial charge in [0.05, 0.1) is 12.0 Å². The summed E-state index contributed by atoms with van der Waals surface area (Å²) >= 11 is 0. The molecule has 1 aliphatic heterocycles. The maximum Gasteiger partial charge on any atom is 0.262 e. The highest BCUT2D eigenvalue weighted by atomic mass is 32.2. The molecule has 0 unspecified atom stereocenters. The lowest BCUT2D eigenvalue weighted by atomic mass is 10.1. The van der Waals surface area contributed by atoms with Crippen molar-refractivity contribution in [2.75, 3.05) is 18.4 Å². The lowest BCUT2D eigenvalue weighted by Gasteiger charge is -2.18. The topological polar surface area (TPSA) is 106 Å². The molecule has 0 radical (unpaired) electrons. The van der Waals surface area contributed by atoms with Crippen LogP contribution in [-0.4, -0.2) is 50.3 Å². The molecule has 0 bridgehead atoms. The SMILES string of the molecule is Cc1nc2c(c(Nc3ccccn3)n1)CCN(S(=O)(=O)c1cn(C)cn1)CC2. The second-order valence-electron chi connectivity index (χ2n) is 6.67. The monoisotopic (exact) mass is 399 g/mol. The van der Waals surface area contributed by atoms with Crippen LogP contribution in [0, 0.1) is 6.92 Å². The van der Waals surface area contributed by atoms with E-state index in [-0.39, 0.29) is 5.03 Å². The van der Waals surface area contributed by atoms with Gasteiger partial charge in [-0.3, -0.25) is 0 Å². The number of anilines is 2. The van der Waals surface area contributed by atoms with E-state index in [2.05, 4.69) is 25.3 Å². The van der Waals surface area contributed by atoms with Crippen molar-refractivity contribution in [1.29, 1.82) is 0 Å². The minimum atomic E-state index is -3.64. The van der Waals surface area contributed by atoms with Crippen molar-refractivity contribution in [3.05, 3.63) is 54.0 Å². The molecule has 0 aliphatic carbocycles. The number of imidazole rings is 1. The molecule has 146 valence electrons. The first-order valence-electron chi connectivity index (χ1n) is 8.96. The number of hydrogen-bond donors (Lipinski definition) is 1. The third-order valence-corrected chi connectivity index (χ3v) is 6.39. The van der Waals surface area contributed by atoms with Gasteiger partial charge in [0.2, 0.25) is 0 Å². The van der Waals surface area contributed by atoms with Crippen LogP contribution in [0.15, 0.2) is 41.9 Å². The molecule has 1 aliphatic rings. The van der Waals surface area contributed by atoms with E-state index in [1.165, 1.54) is 16.8 Å². The number of hydrogen-bond acceptors (Lipinski definition) is 7. The fraction of sp³-hybridized carbons (Fsp3) is 0.333. The largest absolute Gasteiger partial charge is 0.339 e. The summed E-state index contributed by atoms with van der Waals surface area (Å²) in [4.78, 5) is 17.4. The third kappa shape index (κ3) is 3.60. The average Bonchev–Trinajstić information content (AvgIpc) is 2.99. The number of aromatic nitrogens is 5. The summed E-state index contributed by atoms with van der Waals surface area (Å²) in [6, 6.07) is 5.60. The molecule has 9 nitrogen and oxygen atoms in total. The molecule has 3 aromatic rings. The third-order valence-electron chi connectivity index (χ3n) is 4.61. The van der Waals surface area contributed by atoms with Crippen LogP contribution in [0.2, 0.25) is 0 Å². The lowest BCUT2D eigenvalue weighted by molar-refractivity contribution is 0.424. The van der Waals surface area contributed by atoms with E-state index < -0.39 is 10.0 Å².